The number of ether oxygens (including phenoxy) is 8. The molecule has 0 N–H and O–H groups in total. The third-order valence-electron chi connectivity index (χ3n) is 34.1. The molecule has 0 aromatic carbocycles. The molecule has 12 aliphatic rings. The average Bonchev–Trinajstić information content (AvgIpc) is 1.54. The van der Waals surface area contributed by atoms with Crippen molar-refractivity contribution in [2.75, 3.05) is 0 Å². The fourth-order valence-electron chi connectivity index (χ4n) is 24.2. The van der Waals surface area contributed by atoms with E-state index in [0.29, 0.717) is 69.3 Å². The second kappa shape index (κ2) is 50.1. The van der Waals surface area contributed by atoms with Crippen LogP contribution in [0.3, 0.4) is 0 Å². The number of rotatable bonds is 21. The van der Waals surface area contributed by atoms with Crippen molar-refractivity contribution in [3.8, 4) is 0 Å². The number of carbonyl (C=O) groups excluding carboxylic acids is 8. The zero-order chi connectivity index (χ0) is 96.0. The summed E-state index contributed by atoms with van der Waals surface area (Å²) in [7, 11) is 0. The molecule has 12 aliphatic carbocycles. The maximum atomic E-state index is 12.1. The Kier molecular flexibility index (Phi) is 43.9. The predicted octanol–water partition coefficient (Wildman–Crippen LogP) is 29.4. The van der Waals surface area contributed by atoms with E-state index in [1.807, 2.05) is 34.6 Å². The van der Waals surface area contributed by atoms with Gasteiger partial charge in [0.05, 0.1) is 0 Å². The van der Waals surface area contributed by atoms with E-state index in [1.165, 1.54) is 269 Å². The molecule has 0 amide bonds. The van der Waals surface area contributed by atoms with Gasteiger partial charge in [-0.05, 0) is 329 Å². The maximum absolute atomic E-state index is 12.1. The van der Waals surface area contributed by atoms with E-state index in [2.05, 4.69) is 122 Å². The van der Waals surface area contributed by atoms with E-state index in [0.717, 1.165) is 64.2 Å². The highest BCUT2D eigenvalue weighted by molar-refractivity contribution is 5.89. The van der Waals surface area contributed by atoms with E-state index >= 15 is 0 Å². The quantitative estimate of drug-likeness (QED) is 0.0453. The van der Waals surface area contributed by atoms with Crippen molar-refractivity contribution in [2.24, 2.45) is 63.1 Å². The third-order valence-corrected chi connectivity index (χ3v) is 34.1. The summed E-state index contributed by atoms with van der Waals surface area (Å²) in [6.45, 7) is 69.8. The Balaban J connectivity index is 0.000000260. The summed E-state index contributed by atoms with van der Waals surface area (Å²) in [5, 5.41) is 0. The van der Waals surface area contributed by atoms with Gasteiger partial charge in [-0.15, -0.1) is 0 Å². The summed E-state index contributed by atoms with van der Waals surface area (Å²) in [5.74, 6) is 2.07. The van der Waals surface area contributed by atoms with E-state index in [4.69, 9.17) is 37.9 Å². The Labute approximate surface area is 779 Å². The molecule has 16 heteroatoms. The average molecular weight is 1790 g/mol. The second-order valence-electron chi connectivity index (χ2n) is 44.9. The van der Waals surface area contributed by atoms with E-state index in [1.54, 1.807) is 34.6 Å². The fraction of sp³-hybridized carbons (Fsp3) is 0.786. The summed E-state index contributed by atoms with van der Waals surface area (Å²) in [6.07, 6.45) is 62.9. The molecule has 728 valence electrons. The fourth-order valence-corrected chi connectivity index (χ4v) is 24.2. The zero-order valence-electron chi connectivity index (χ0n) is 85.1. The van der Waals surface area contributed by atoms with Gasteiger partial charge in [-0.25, -0.2) is 38.4 Å². The van der Waals surface area contributed by atoms with Crippen LogP contribution in [0.2, 0.25) is 0 Å². The van der Waals surface area contributed by atoms with Crippen molar-refractivity contribution in [3.05, 3.63) is 98.7 Å². The first-order chi connectivity index (χ1) is 59.8. The predicted molar refractivity (Wildman–Crippen MR) is 521 cm³/mol. The molecule has 0 aliphatic heterocycles. The number of hydrogen-bond donors (Lipinski definition) is 0. The standard InChI is InChI=1S/C18H30O2.C17H28O2.C15H24O2.C14H22O2.C13H22O2.2C12H20O2.C11H18O2/c1-14(2)17(19)20-18(3,15-10-6-4-7-11-15)16-12-8-5-9-13-16;1-3-16(18)19-17(2,14-10-6-4-7-11-14)15-12-8-5-9-13-15;1-10(2)12(16)17-15(6)9-11-7-8-14(15,5)13(11,3)4;1-6-11(15)16-14(5)9-10-7-8-13(14,4)12(10,2)3;1-10(2)12(14)15-13(3,4)11-8-6-5-7-9-11;1-10(2)11(13)14-12(3)8-6-4-5-7-9-12;1-3-11(13)14-12(2)9-7-5-4-6-8-10-12;1-9(2)10(12)13-11(3)7-5-4-6-8-11/h15-16H,1,4-13H2,2-3H3;3,14-15H,1,4-13H2,2H3;11H,1,7-9H2,2-6H3;6,10H,1,7-9H2,2-5H3;11H,1,5-9H2,2-4H3;1,4-9H2,2-3H3;3H,1,4-10H2,2H3;1,4-8H2,2-3H3. The molecule has 12 rings (SSSR count). The molecule has 0 saturated heterocycles. The lowest BCUT2D eigenvalue weighted by Gasteiger charge is -2.46. The maximum Gasteiger partial charge on any atom is 0.333 e. The molecule has 0 aromatic heterocycles. The Hall–Kier alpha value is -6.32. The summed E-state index contributed by atoms with van der Waals surface area (Å²) < 4.78 is 45.2. The first kappa shape index (κ1) is 112. The van der Waals surface area contributed by atoms with E-state index in [-0.39, 0.29) is 114 Å². The van der Waals surface area contributed by atoms with Crippen molar-refractivity contribution >= 4 is 47.8 Å². The Bertz CT molecular complexity index is 3640. The van der Waals surface area contributed by atoms with Crippen molar-refractivity contribution in [1.29, 1.82) is 0 Å². The molecule has 16 nitrogen and oxygen atoms in total. The smallest absolute Gasteiger partial charge is 0.333 e. The molecule has 4 bridgehead atoms. The SMILES string of the molecule is C=C(C)C(=O)OC(C)(C)C1CCCCC1.C=C(C)C(=O)OC(C)(C1CCCCC1)C1CCCCC1.C=C(C)C(=O)OC1(C)CC2CCC1(C)C2(C)C.C=C(C)C(=O)OC1(C)CCCCC1.C=C(C)C(=O)OC1(C)CCCCCC1.C=CC(=O)OC(C)(C1CCCCC1)C1CCCCC1.C=CC(=O)OC1(C)CC2CCC1(C)C2(C)C.C=CC(=O)OC1(C)CCCCCCC1. The minimum atomic E-state index is -0.337. The molecule has 6 atom stereocenters. The van der Waals surface area contributed by atoms with Gasteiger partial charge in [-0.2, -0.15) is 0 Å². The minimum Gasteiger partial charge on any atom is -0.456 e. The Morgan fingerprint density at radius 2 is 0.500 bits per heavy atom. The molecule has 128 heavy (non-hydrogen) atoms. The van der Waals surface area contributed by atoms with Gasteiger partial charge in [0.2, 0.25) is 0 Å². The summed E-state index contributed by atoms with van der Waals surface area (Å²) in [6, 6.07) is 0. The van der Waals surface area contributed by atoms with Gasteiger partial charge in [-0.3, -0.25) is 0 Å². The van der Waals surface area contributed by atoms with Crippen LogP contribution in [0.5, 0.6) is 0 Å². The number of hydrogen-bond acceptors (Lipinski definition) is 16. The summed E-state index contributed by atoms with van der Waals surface area (Å²) in [5.41, 5.74) is 1.00. The highest BCUT2D eigenvalue weighted by atomic mass is 16.6. The minimum absolute atomic E-state index is 0.0930. The van der Waals surface area contributed by atoms with Crippen LogP contribution < -0.4 is 0 Å². The van der Waals surface area contributed by atoms with Crippen molar-refractivity contribution in [1.82, 2.24) is 0 Å². The second-order valence-corrected chi connectivity index (χ2v) is 44.9. The van der Waals surface area contributed by atoms with Crippen LogP contribution in [0.4, 0.5) is 0 Å². The number of carbonyl (C=O) groups is 8. The van der Waals surface area contributed by atoms with Gasteiger partial charge in [0.25, 0.3) is 0 Å². The van der Waals surface area contributed by atoms with Crippen molar-refractivity contribution in [2.45, 2.75) is 498 Å². The molecule has 0 spiro atoms. The van der Waals surface area contributed by atoms with Gasteiger partial charge >= 0.3 is 47.8 Å². The highest BCUT2D eigenvalue weighted by Gasteiger charge is 2.70. The Morgan fingerprint density at radius 3 is 0.773 bits per heavy atom. The van der Waals surface area contributed by atoms with Gasteiger partial charge in [0, 0.05) is 56.9 Å². The monoisotopic (exact) mass is 1790 g/mol. The van der Waals surface area contributed by atoms with E-state index in [9.17, 15) is 38.4 Å². The molecule has 0 aromatic rings. The molecule has 12 saturated carbocycles. The van der Waals surface area contributed by atoms with Crippen LogP contribution in [0, 0.1) is 63.1 Å². The molecule has 12 fully saturated rings. The van der Waals surface area contributed by atoms with Gasteiger partial charge in [0.1, 0.15) is 44.8 Å². The molecule has 0 radical (unpaired) electrons. The van der Waals surface area contributed by atoms with Gasteiger partial charge < -0.3 is 37.9 Å². The molecule has 6 unspecified atom stereocenters. The largest absolute Gasteiger partial charge is 0.456 e. The van der Waals surface area contributed by atoms with Crippen LogP contribution in [0.15, 0.2) is 98.7 Å². The van der Waals surface area contributed by atoms with Crippen LogP contribution >= 0.6 is 0 Å². The lowest BCUT2D eigenvalue weighted by molar-refractivity contribution is -0.172. The highest BCUT2D eigenvalue weighted by Crippen LogP contribution is 2.72. The lowest BCUT2D eigenvalue weighted by atomic mass is 9.65. The topological polar surface area (TPSA) is 210 Å². The number of fused-ring (bicyclic) bond motifs is 4. The van der Waals surface area contributed by atoms with Crippen molar-refractivity contribution in [3.63, 3.8) is 0 Å². The third kappa shape index (κ3) is 31.1. The van der Waals surface area contributed by atoms with Gasteiger partial charge in [-0.1, -0.05) is 229 Å². The first-order valence-corrected chi connectivity index (χ1v) is 50.8. The molecular weight excluding hydrogens is 1600 g/mol. The van der Waals surface area contributed by atoms with Crippen LogP contribution in [0.25, 0.3) is 0 Å². The van der Waals surface area contributed by atoms with E-state index < -0.39 is 0 Å². The Morgan fingerprint density at radius 1 is 0.266 bits per heavy atom. The normalized spacial score (nSPS) is 27.1. The number of esters is 8. The lowest BCUT2D eigenvalue weighted by Crippen LogP contribution is -2.48. The molecule has 0 heterocycles. The van der Waals surface area contributed by atoms with Crippen molar-refractivity contribution < 1.29 is 76.3 Å². The zero-order valence-corrected chi connectivity index (χ0v) is 85.1. The molecular formula is C112H184O16. The van der Waals surface area contributed by atoms with Crippen LogP contribution in [-0.4, -0.2) is 92.6 Å². The van der Waals surface area contributed by atoms with Crippen LogP contribution in [0.1, 0.15) is 453 Å². The van der Waals surface area contributed by atoms with Crippen LogP contribution in [-0.2, 0) is 76.3 Å². The summed E-state index contributed by atoms with van der Waals surface area (Å²) in [4.78, 5) is 92.5. The van der Waals surface area contributed by atoms with Gasteiger partial charge in [0.15, 0.2) is 0 Å². The summed E-state index contributed by atoms with van der Waals surface area (Å²) >= 11 is 0. The first-order valence-electron chi connectivity index (χ1n) is 50.8.